The minimum Gasteiger partial charge on any atom is -0.381 e. The molecule has 23 heavy (non-hydrogen) atoms. The Morgan fingerprint density at radius 2 is 1.87 bits per heavy atom. The number of halogens is 1. The van der Waals surface area contributed by atoms with Crippen LogP contribution in [0.25, 0.3) is 0 Å². The van der Waals surface area contributed by atoms with Crippen LogP contribution >= 0.6 is 24.0 Å². The van der Waals surface area contributed by atoms with Crippen LogP contribution in [0.2, 0.25) is 0 Å². The summed E-state index contributed by atoms with van der Waals surface area (Å²) in [5, 5.41) is 6.74. The van der Waals surface area contributed by atoms with Crippen LogP contribution in [0, 0.1) is 11.8 Å². The second kappa shape index (κ2) is 14.3. The van der Waals surface area contributed by atoms with Gasteiger partial charge in [0.1, 0.15) is 0 Å². The lowest BCUT2D eigenvalue weighted by molar-refractivity contribution is 0.108. The second-order valence-corrected chi connectivity index (χ2v) is 6.77. The summed E-state index contributed by atoms with van der Waals surface area (Å²) in [6.45, 7) is 13.8. The first-order valence-corrected chi connectivity index (χ1v) is 8.86. The van der Waals surface area contributed by atoms with Gasteiger partial charge in [0.05, 0.1) is 0 Å². The number of rotatable bonds is 9. The molecule has 1 aliphatic heterocycles. The third-order valence-electron chi connectivity index (χ3n) is 4.03. The van der Waals surface area contributed by atoms with Crippen LogP contribution in [0.5, 0.6) is 0 Å². The molecule has 1 fully saturated rings. The second-order valence-electron chi connectivity index (χ2n) is 6.77. The number of nitrogens with one attached hydrogen (secondary N) is 2. The normalized spacial score (nSPS) is 17.2. The monoisotopic (exact) mass is 440 g/mol. The van der Waals surface area contributed by atoms with E-state index in [9.17, 15) is 0 Å². The molecule has 0 radical (unpaired) electrons. The van der Waals surface area contributed by atoms with Gasteiger partial charge in [-0.15, -0.1) is 24.0 Å². The molecule has 1 rings (SSSR count). The van der Waals surface area contributed by atoms with Crippen molar-refractivity contribution in [3.63, 3.8) is 0 Å². The van der Waals surface area contributed by atoms with Gasteiger partial charge in [-0.25, -0.2) is 0 Å². The summed E-state index contributed by atoms with van der Waals surface area (Å²) in [5.41, 5.74) is 0. The van der Waals surface area contributed by atoms with Gasteiger partial charge < -0.3 is 20.3 Å². The third-order valence-corrected chi connectivity index (χ3v) is 4.03. The molecule has 6 heteroatoms. The van der Waals surface area contributed by atoms with Crippen LogP contribution in [-0.4, -0.2) is 63.8 Å². The highest BCUT2D eigenvalue weighted by Gasteiger charge is 2.14. The minimum atomic E-state index is 0. The minimum absolute atomic E-state index is 0. The van der Waals surface area contributed by atoms with Gasteiger partial charge in [-0.1, -0.05) is 20.8 Å². The summed E-state index contributed by atoms with van der Waals surface area (Å²) >= 11 is 0. The van der Waals surface area contributed by atoms with Crippen molar-refractivity contribution in [2.24, 2.45) is 16.8 Å². The van der Waals surface area contributed by atoms with Gasteiger partial charge >= 0.3 is 0 Å². The fourth-order valence-corrected chi connectivity index (χ4v) is 2.54. The molecule has 0 spiro atoms. The van der Waals surface area contributed by atoms with E-state index in [4.69, 9.17) is 4.74 Å². The standard InChI is InChI=1S/C17H36N4O.HI/c1-15(2)14-22-13-5-8-19-17(18-4)20-9-12-21-10-6-16(3)7-11-21;/h15-16H,5-14H2,1-4H3,(H2,18,19,20);1H. The Bertz CT molecular complexity index is 305. The zero-order valence-corrected chi connectivity index (χ0v) is 17.8. The van der Waals surface area contributed by atoms with Crippen molar-refractivity contribution in [1.82, 2.24) is 15.5 Å². The number of ether oxygens (including phenoxy) is 1. The van der Waals surface area contributed by atoms with E-state index in [1.165, 1.54) is 25.9 Å². The highest BCUT2D eigenvalue weighted by Crippen LogP contribution is 2.14. The predicted molar refractivity (Wildman–Crippen MR) is 110 cm³/mol. The molecule has 0 aromatic heterocycles. The highest BCUT2D eigenvalue weighted by molar-refractivity contribution is 14.0. The molecule has 0 saturated carbocycles. The number of guanidine groups is 1. The molecule has 1 heterocycles. The van der Waals surface area contributed by atoms with E-state index in [2.05, 4.69) is 41.3 Å². The lowest BCUT2D eigenvalue weighted by atomic mass is 9.99. The zero-order chi connectivity index (χ0) is 16.2. The van der Waals surface area contributed by atoms with Crippen molar-refractivity contribution < 1.29 is 4.74 Å². The molecule has 0 bridgehead atoms. The maximum absolute atomic E-state index is 5.57. The first kappa shape index (κ1) is 22.9. The van der Waals surface area contributed by atoms with E-state index in [1.807, 2.05) is 7.05 Å². The quantitative estimate of drug-likeness (QED) is 0.251. The van der Waals surface area contributed by atoms with E-state index in [0.717, 1.165) is 51.1 Å². The Morgan fingerprint density at radius 3 is 2.48 bits per heavy atom. The van der Waals surface area contributed by atoms with Crippen LogP contribution in [0.3, 0.4) is 0 Å². The number of hydrogen-bond donors (Lipinski definition) is 2. The molecule has 1 saturated heterocycles. The summed E-state index contributed by atoms with van der Waals surface area (Å²) in [7, 11) is 1.83. The van der Waals surface area contributed by atoms with Crippen molar-refractivity contribution in [2.45, 2.75) is 40.0 Å². The summed E-state index contributed by atoms with van der Waals surface area (Å²) < 4.78 is 5.57. The van der Waals surface area contributed by atoms with Crippen LogP contribution in [0.15, 0.2) is 4.99 Å². The smallest absolute Gasteiger partial charge is 0.191 e. The van der Waals surface area contributed by atoms with Gasteiger partial charge in [-0.2, -0.15) is 0 Å². The first-order valence-electron chi connectivity index (χ1n) is 8.86. The van der Waals surface area contributed by atoms with E-state index in [-0.39, 0.29) is 24.0 Å². The zero-order valence-electron chi connectivity index (χ0n) is 15.4. The first-order chi connectivity index (χ1) is 10.6. The molecule has 0 unspecified atom stereocenters. The Labute approximate surface area is 160 Å². The van der Waals surface area contributed by atoms with Crippen LogP contribution in [0.4, 0.5) is 0 Å². The molecule has 0 amide bonds. The molecule has 0 atom stereocenters. The van der Waals surface area contributed by atoms with E-state index < -0.39 is 0 Å². The Kier molecular flexibility index (Phi) is 14.2. The summed E-state index contributed by atoms with van der Waals surface area (Å²) in [5.74, 6) is 2.41. The molecule has 5 nitrogen and oxygen atoms in total. The molecular formula is C17H37IN4O. The van der Waals surface area contributed by atoms with Gasteiger partial charge in [-0.05, 0) is 44.2 Å². The summed E-state index contributed by atoms with van der Waals surface area (Å²) in [4.78, 5) is 6.81. The van der Waals surface area contributed by atoms with Crippen molar-refractivity contribution >= 4 is 29.9 Å². The van der Waals surface area contributed by atoms with Crippen molar-refractivity contribution in [3.05, 3.63) is 0 Å². The Morgan fingerprint density at radius 1 is 1.22 bits per heavy atom. The molecular weight excluding hydrogens is 403 g/mol. The van der Waals surface area contributed by atoms with Gasteiger partial charge in [0.15, 0.2) is 5.96 Å². The fourth-order valence-electron chi connectivity index (χ4n) is 2.54. The summed E-state index contributed by atoms with van der Waals surface area (Å²) in [6, 6.07) is 0. The number of likely N-dealkylation sites (tertiary alicyclic amines) is 1. The lowest BCUT2D eigenvalue weighted by Crippen LogP contribution is -2.43. The fraction of sp³-hybridized carbons (Fsp3) is 0.941. The van der Waals surface area contributed by atoms with Crippen LogP contribution in [-0.2, 0) is 4.74 Å². The van der Waals surface area contributed by atoms with Crippen LogP contribution in [0.1, 0.15) is 40.0 Å². The van der Waals surface area contributed by atoms with Gasteiger partial charge in [0.25, 0.3) is 0 Å². The molecule has 0 aromatic carbocycles. The number of aliphatic imine (C=N–C) groups is 1. The Balaban J connectivity index is 0.00000484. The highest BCUT2D eigenvalue weighted by atomic mass is 127. The van der Waals surface area contributed by atoms with Gasteiger partial charge in [-0.3, -0.25) is 4.99 Å². The third kappa shape index (κ3) is 12.0. The maximum atomic E-state index is 5.57. The van der Waals surface area contributed by atoms with Crippen molar-refractivity contribution in [1.29, 1.82) is 0 Å². The SMILES string of the molecule is CN=C(NCCCOCC(C)C)NCCN1CCC(C)CC1.I. The number of piperidine rings is 1. The van der Waals surface area contributed by atoms with E-state index in [0.29, 0.717) is 5.92 Å². The van der Waals surface area contributed by atoms with E-state index >= 15 is 0 Å². The van der Waals surface area contributed by atoms with Gasteiger partial charge in [0, 0.05) is 39.9 Å². The van der Waals surface area contributed by atoms with Crippen LogP contribution < -0.4 is 10.6 Å². The number of nitrogens with zero attached hydrogens (tertiary/aromatic N) is 2. The molecule has 138 valence electrons. The Hall–Kier alpha value is -0.0800. The lowest BCUT2D eigenvalue weighted by Gasteiger charge is -2.30. The largest absolute Gasteiger partial charge is 0.381 e. The van der Waals surface area contributed by atoms with Crippen molar-refractivity contribution in [2.75, 3.05) is 53.0 Å². The molecule has 0 aliphatic carbocycles. The average molecular weight is 440 g/mol. The maximum Gasteiger partial charge on any atom is 0.191 e. The molecule has 1 aliphatic rings. The summed E-state index contributed by atoms with van der Waals surface area (Å²) in [6.07, 6.45) is 3.68. The molecule has 2 N–H and O–H groups in total. The predicted octanol–water partition coefficient (Wildman–Crippen LogP) is 2.56. The topological polar surface area (TPSA) is 48.9 Å². The van der Waals surface area contributed by atoms with E-state index in [1.54, 1.807) is 0 Å². The van der Waals surface area contributed by atoms with Crippen molar-refractivity contribution in [3.8, 4) is 0 Å². The molecule has 0 aromatic rings. The average Bonchev–Trinajstić information content (AvgIpc) is 2.50. The van der Waals surface area contributed by atoms with Gasteiger partial charge in [0.2, 0.25) is 0 Å². The number of hydrogen-bond acceptors (Lipinski definition) is 3.